The molecule has 19 heavy (non-hydrogen) atoms. The van der Waals surface area contributed by atoms with Crippen LogP contribution < -0.4 is 5.32 Å². The van der Waals surface area contributed by atoms with Gasteiger partial charge in [0.1, 0.15) is 0 Å². The van der Waals surface area contributed by atoms with Crippen LogP contribution in [0, 0.1) is 0 Å². The molecule has 0 spiro atoms. The molecule has 0 aromatic carbocycles. The quantitative estimate of drug-likeness (QED) is 0.752. The second-order valence-electron chi connectivity index (χ2n) is 5.66. The molecule has 0 atom stereocenters. The first-order valence-electron chi connectivity index (χ1n) is 7.66. The van der Waals surface area contributed by atoms with Crippen LogP contribution in [0.1, 0.15) is 19.3 Å². The molecule has 0 radical (unpaired) electrons. The molecule has 0 unspecified atom stereocenters. The SMILES string of the molecule is CNCCN1CCN(CC(=O)N2CCCCC2)CC1. The predicted molar refractivity (Wildman–Crippen MR) is 77.2 cm³/mol. The Morgan fingerprint density at radius 1 is 0.947 bits per heavy atom. The molecule has 2 rings (SSSR count). The summed E-state index contributed by atoms with van der Waals surface area (Å²) in [6.07, 6.45) is 3.65. The normalized spacial score (nSPS) is 22.7. The van der Waals surface area contributed by atoms with Crippen molar-refractivity contribution in [2.75, 3.05) is 66.0 Å². The number of hydrogen-bond donors (Lipinski definition) is 1. The summed E-state index contributed by atoms with van der Waals surface area (Å²) in [5.74, 6) is 0.336. The van der Waals surface area contributed by atoms with Gasteiger partial charge >= 0.3 is 0 Å². The Morgan fingerprint density at radius 2 is 1.58 bits per heavy atom. The van der Waals surface area contributed by atoms with E-state index in [1.54, 1.807) is 0 Å². The zero-order valence-electron chi connectivity index (χ0n) is 12.2. The highest BCUT2D eigenvalue weighted by Crippen LogP contribution is 2.10. The van der Waals surface area contributed by atoms with E-state index in [0.717, 1.165) is 52.4 Å². The molecule has 2 saturated heterocycles. The number of likely N-dealkylation sites (N-methyl/N-ethyl adjacent to an activating group) is 1. The standard InChI is InChI=1S/C14H28N4O/c1-15-5-8-16-9-11-17(12-10-16)13-14(19)18-6-3-2-4-7-18/h15H,2-13H2,1H3. The first-order chi connectivity index (χ1) is 9.29. The Labute approximate surface area is 116 Å². The number of carbonyl (C=O) groups excluding carboxylic acids is 1. The summed E-state index contributed by atoms with van der Waals surface area (Å²) in [6, 6.07) is 0. The van der Waals surface area contributed by atoms with Crippen LogP contribution in [0.5, 0.6) is 0 Å². The summed E-state index contributed by atoms with van der Waals surface area (Å²) >= 11 is 0. The van der Waals surface area contributed by atoms with E-state index in [1.165, 1.54) is 19.3 Å². The van der Waals surface area contributed by atoms with Gasteiger partial charge in [-0.2, -0.15) is 0 Å². The second kappa shape index (κ2) is 7.82. The van der Waals surface area contributed by atoms with Crippen molar-refractivity contribution in [2.45, 2.75) is 19.3 Å². The van der Waals surface area contributed by atoms with Gasteiger partial charge in [-0.05, 0) is 26.3 Å². The van der Waals surface area contributed by atoms with E-state index < -0.39 is 0 Å². The van der Waals surface area contributed by atoms with Gasteiger partial charge in [-0.25, -0.2) is 0 Å². The lowest BCUT2D eigenvalue weighted by atomic mass is 10.1. The molecular formula is C14H28N4O. The number of amides is 1. The average molecular weight is 268 g/mol. The number of piperazine rings is 1. The van der Waals surface area contributed by atoms with Crippen LogP contribution in [-0.2, 0) is 4.79 Å². The minimum atomic E-state index is 0.336. The molecule has 5 nitrogen and oxygen atoms in total. The molecule has 0 aromatic rings. The first-order valence-corrected chi connectivity index (χ1v) is 7.66. The van der Waals surface area contributed by atoms with Crippen molar-refractivity contribution in [3.8, 4) is 0 Å². The zero-order valence-corrected chi connectivity index (χ0v) is 12.2. The third-order valence-electron chi connectivity index (χ3n) is 4.21. The molecule has 110 valence electrons. The van der Waals surface area contributed by atoms with Gasteiger partial charge in [-0.3, -0.25) is 14.6 Å². The Balaban J connectivity index is 1.65. The second-order valence-corrected chi connectivity index (χ2v) is 5.66. The monoisotopic (exact) mass is 268 g/mol. The van der Waals surface area contributed by atoms with Gasteiger partial charge in [0, 0.05) is 52.4 Å². The van der Waals surface area contributed by atoms with Crippen LogP contribution in [0.2, 0.25) is 0 Å². The Morgan fingerprint density at radius 3 is 2.21 bits per heavy atom. The van der Waals surface area contributed by atoms with Gasteiger partial charge in [-0.1, -0.05) is 0 Å². The Bertz CT molecular complexity index is 271. The van der Waals surface area contributed by atoms with Crippen LogP contribution in [0.4, 0.5) is 0 Å². The maximum atomic E-state index is 12.2. The summed E-state index contributed by atoms with van der Waals surface area (Å²) in [4.78, 5) is 19.0. The zero-order chi connectivity index (χ0) is 13.5. The largest absolute Gasteiger partial charge is 0.342 e. The smallest absolute Gasteiger partial charge is 0.236 e. The topological polar surface area (TPSA) is 38.8 Å². The maximum Gasteiger partial charge on any atom is 0.236 e. The van der Waals surface area contributed by atoms with Gasteiger partial charge in [0.25, 0.3) is 0 Å². The summed E-state index contributed by atoms with van der Waals surface area (Å²) in [7, 11) is 1.99. The van der Waals surface area contributed by atoms with E-state index in [4.69, 9.17) is 0 Å². The fourth-order valence-corrected chi connectivity index (χ4v) is 2.88. The Kier molecular flexibility index (Phi) is 6.07. The van der Waals surface area contributed by atoms with E-state index >= 15 is 0 Å². The molecule has 1 N–H and O–H groups in total. The van der Waals surface area contributed by atoms with Gasteiger partial charge < -0.3 is 10.2 Å². The number of hydrogen-bond acceptors (Lipinski definition) is 4. The van der Waals surface area contributed by atoms with Crippen molar-refractivity contribution in [2.24, 2.45) is 0 Å². The minimum absolute atomic E-state index is 0.336. The van der Waals surface area contributed by atoms with Crippen LogP contribution in [-0.4, -0.2) is 86.6 Å². The minimum Gasteiger partial charge on any atom is -0.342 e. The number of likely N-dealkylation sites (tertiary alicyclic amines) is 1. The highest BCUT2D eigenvalue weighted by atomic mass is 16.2. The number of nitrogens with one attached hydrogen (secondary N) is 1. The van der Waals surface area contributed by atoms with Gasteiger partial charge in [0.15, 0.2) is 0 Å². The molecule has 2 aliphatic heterocycles. The summed E-state index contributed by atoms with van der Waals surface area (Å²) in [5, 5.41) is 3.19. The van der Waals surface area contributed by atoms with Crippen molar-refractivity contribution in [3.05, 3.63) is 0 Å². The number of nitrogens with zero attached hydrogens (tertiary/aromatic N) is 3. The molecule has 5 heteroatoms. The summed E-state index contributed by atoms with van der Waals surface area (Å²) < 4.78 is 0. The highest BCUT2D eigenvalue weighted by Gasteiger charge is 2.22. The van der Waals surface area contributed by atoms with Crippen LogP contribution in [0.3, 0.4) is 0 Å². The van der Waals surface area contributed by atoms with Crippen molar-refractivity contribution < 1.29 is 4.79 Å². The van der Waals surface area contributed by atoms with E-state index in [1.807, 2.05) is 7.05 Å². The van der Waals surface area contributed by atoms with Crippen molar-refractivity contribution >= 4 is 5.91 Å². The lowest BCUT2D eigenvalue weighted by Crippen LogP contribution is -2.51. The molecule has 2 aliphatic rings. The van der Waals surface area contributed by atoms with Crippen molar-refractivity contribution in [1.82, 2.24) is 20.0 Å². The van der Waals surface area contributed by atoms with Crippen molar-refractivity contribution in [3.63, 3.8) is 0 Å². The highest BCUT2D eigenvalue weighted by molar-refractivity contribution is 5.78. The molecule has 0 saturated carbocycles. The maximum absolute atomic E-state index is 12.2. The number of rotatable bonds is 5. The third kappa shape index (κ3) is 4.75. The Hall–Kier alpha value is -0.650. The molecule has 0 aliphatic carbocycles. The molecule has 0 aromatic heterocycles. The lowest BCUT2D eigenvalue weighted by Gasteiger charge is -2.36. The van der Waals surface area contributed by atoms with Crippen LogP contribution >= 0.6 is 0 Å². The summed E-state index contributed by atoms with van der Waals surface area (Å²) in [5.41, 5.74) is 0. The molecule has 0 bridgehead atoms. The van der Waals surface area contributed by atoms with Gasteiger partial charge in [-0.15, -0.1) is 0 Å². The molecular weight excluding hydrogens is 240 g/mol. The summed E-state index contributed by atoms with van der Waals surface area (Å²) in [6.45, 7) is 8.98. The molecule has 1 amide bonds. The van der Waals surface area contributed by atoms with Crippen LogP contribution in [0.25, 0.3) is 0 Å². The molecule has 2 heterocycles. The lowest BCUT2D eigenvalue weighted by molar-refractivity contribution is -0.133. The molecule has 2 fully saturated rings. The average Bonchev–Trinajstić information content (AvgIpc) is 2.47. The van der Waals surface area contributed by atoms with Gasteiger partial charge in [0.2, 0.25) is 5.91 Å². The van der Waals surface area contributed by atoms with Gasteiger partial charge in [0.05, 0.1) is 6.54 Å². The predicted octanol–water partition coefficient (Wildman–Crippen LogP) is -0.164. The van der Waals surface area contributed by atoms with Crippen LogP contribution in [0.15, 0.2) is 0 Å². The van der Waals surface area contributed by atoms with Crippen molar-refractivity contribution in [1.29, 1.82) is 0 Å². The fourth-order valence-electron chi connectivity index (χ4n) is 2.88. The number of carbonyl (C=O) groups is 1. The first kappa shape index (κ1) is 14.8. The van der Waals surface area contributed by atoms with E-state index in [0.29, 0.717) is 12.5 Å². The number of piperidine rings is 1. The van der Waals surface area contributed by atoms with E-state index in [9.17, 15) is 4.79 Å². The third-order valence-corrected chi connectivity index (χ3v) is 4.21. The fraction of sp³-hybridized carbons (Fsp3) is 0.929. The van der Waals surface area contributed by atoms with E-state index in [2.05, 4.69) is 20.0 Å². The van der Waals surface area contributed by atoms with E-state index in [-0.39, 0.29) is 0 Å².